The number of sulfonamides is 1. The van der Waals surface area contributed by atoms with Crippen LogP contribution in [0.4, 0.5) is 5.69 Å². The topological polar surface area (TPSA) is 90.0 Å². The van der Waals surface area contributed by atoms with Crippen LogP contribution in [0.5, 0.6) is 0 Å². The summed E-state index contributed by atoms with van der Waals surface area (Å²) in [5, 5.41) is 3.04. The number of hydrogen-bond donors (Lipinski definition) is 1. The summed E-state index contributed by atoms with van der Waals surface area (Å²) >= 11 is 0. The molecule has 9 heteroatoms. The minimum absolute atomic E-state index is 0.0311. The molecule has 4 rings (SSSR count). The Morgan fingerprint density at radius 1 is 1.06 bits per heavy atom. The molecule has 2 saturated heterocycles. The summed E-state index contributed by atoms with van der Waals surface area (Å²) in [6, 6.07) is 5.31. The Bertz CT molecular complexity index is 959. The van der Waals surface area contributed by atoms with Gasteiger partial charge in [0.25, 0.3) is 0 Å². The SMILES string of the molecule is CCC(=O)NC1CCCN(CC(=O)N2CCCc3cc(S(=O)(=O)N4CCCC4)ccc32)C1. The highest BCUT2D eigenvalue weighted by Crippen LogP contribution is 2.31. The predicted octanol–water partition coefficient (Wildman–Crippen LogP) is 1.74. The van der Waals surface area contributed by atoms with E-state index in [1.165, 1.54) is 0 Å². The molecule has 0 aromatic heterocycles. The second-order valence-corrected chi connectivity index (χ2v) is 11.0. The second kappa shape index (κ2) is 9.89. The van der Waals surface area contributed by atoms with E-state index >= 15 is 0 Å². The number of piperidine rings is 1. The first-order chi connectivity index (χ1) is 15.4. The van der Waals surface area contributed by atoms with Crippen molar-refractivity contribution < 1.29 is 18.0 Å². The smallest absolute Gasteiger partial charge is 0.243 e. The van der Waals surface area contributed by atoms with Gasteiger partial charge in [-0.2, -0.15) is 4.31 Å². The van der Waals surface area contributed by atoms with Crippen molar-refractivity contribution in [2.75, 3.05) is 44.2 Å². The molecule has 1 unspecified atom stereocenters. The van der Waals surface area contributed by atoms with Crippen molar-refractivity contribution in [2.24, 2.45) is 0 Å². The highest BCUT2D eigenvalue weighted by atomic mass is 32.2. The van der Waals surface area contributed by atoms with Crippen molar-refractivity contribution in [3.8, 4) is 0 Å². The lowest BCUT2D eigenvalue weighted by Gasteiger charge is -2.35. The first-order valence-electron chi connectivity index (χ1n) is 11.8. The maximum atomic E-state index is 13.2. The number of hydrogen-bond acceptors (Lipinski definition) is 5. The fourth-order valence-corrected chi connectivity index (χ4v) is 6.56. The molecule has 0 radical (unpaired) electrons. The highest BCUT2D eigenvalue weighted by Gasteiger charge is 2.31. The molecule has 0 saturated carbocycles. The number of amides is 2. The molecular formula is C23H34N4O4S. The molecule has 1 aromatic carbocycles. The van der Waals surface area contributed by atoms with Gasteiger partial charge in [0.05, 0.1) is 11.4 Å². The molecule has 0 bridgehead atoms. The van der Waals surface area contributed by atoms with Crippen LogP contribution in [0.25, 0.3) is 0 Å². The predicted molar refractivity (Wildman–Crippen MR) is 123 cm³/mol. The van der Waals surface area contributed by atoms with E-state index in [0.29, 0.717) is 44.0 Å². The quantitative estimate of drug-likeness (QED) is 0.696. The Morgan fingerprint density at radius 2 is 1.84 bits per heavy atom. The summed E-state index contributed by atoms with van der Waals surface area (Å²) in [6.45, 7) is 5.50. The largest absolute Gasteiger partial charge is 0.352 e. The second-order valence-electron chi connectivity index (χ2n) is 9.05. The van der Waals surface area contributed by atoms with Gasteiger partial charge in [0.1, 0.15) is 0 Å². The van der Waals surface area contributed by atoms with Crippen LogP contribution >= 0.6 is 0 Å². The van der Waals surface area contributed by atoms with Gasteiger partial charge in [-0.25, -0.2) is 8.42 Å². The Kier molecular flexibility index (Phi) is 7.17. The zero-order valence-corrected chi connectivity index (χ0v) is 19.7. The maximum absolute atomic E-state index is 13.2. The van der Waals surface area contributed by atoms with Crippen molar-refractivity contribution >= 4 is 27.5 Å². The molecule has 3 aliphatic heterocycles. The number of carbonyl (C=O) groups excluding carboxylic acids is 2. The third-order valence-corrected chi connectivity index (χ3v) is 8.62. The van der Waals surface area contributed by atoms with E-state index in [9.17, 15) is 18.0 Å². The summed E-state index contributed by atoms with van der Waals surface area (Å²) in [5.74, 6) is 0.0800. The van der Waals surface area contributed by atoms with E-state index in [1.54, 1.807) is 27.4 Å². The normalized spacial score (nSPS) is 22.5. The standard InChI is InChI=1S/C23H34N4O4S/c1-2-22(28)24-19-8-6-11-25(16-19)17-23(29)27-14-5-7-18-15-20(9-10-21(18)27)32(30,31)26-12-3-4-13-26/h9-10,15,19H,2-8,11-14,16-17H2,1H3,(H,24,28). The lowest BCUT2D eigenvalue weighted by molar-refractivity contribution is -0.122. The van der Waals surface area contributed by atoms with Crippen LogP contribution in [0.15, 0.2) is 23.1 Å². The lowest BCUT2D eigenvalue weighted by atomic mass is 10.0. The summed E-state index contributed by atoms with van der Waals surface area (Å²) in [5.41, 5.74) is 1.76. The van der Waals surface area contributed by atoms with Gasteiger partial charge >= 0.3 is 0 Å². The van der Waals surface area contributed by atoms with Crippen molar-refractivity contribution in [1.82, 2.24) is 14.5 Å². The number of carbonyl (C=O) groups is 2. The fraction of sp³-hybridized carbons (Fsp3) is 0.652. The van der Waals surface area contributed by atoms with E-state index in [1.807, 2.05) is 6.92 Å². The van der Waals surface area contributed by atoms with Gasteiger partial charge < -0.3 is 10.2 Å². The summed E-state index contributed by atoms with van der Waals surface area (Å²) in [6.07, 6.45) is 5.78. The van der Waals surface area contributed by atoms with Gasteiger partial charge in [0.15, 0.2) is 0 Å². The molecule has 0 spiro atoms. The van der Waals surface area contributed by atoms with E-state index in [2.05, 4.69) is 10.2 Å². The van der Waals surface area contributed by atoms with Gasteiger partial charge in [0, 0.05) is 44.3 Å². The minimum Gasteiger partial charge on any atom is -0.352 e. The molecule has 1 N–H and O–H groups in total. The van der Waals surface area contributed by atoms with Crippen LogP contribution in [-0.2, 0) is 26.0 Å². The zero-order valence-electron chi connectivity index (χ0n) is 18.9. The molecule has 176 valence electrons. The third kappa shape index (κ3) is 5.00. The number of likely N-dealkylation sites (tertiary alicyclic amines) is 1. The van der Waals surface area contributed by atoms with Gasteiger partial charge in [-0.05, 0) is 68.8 Å². The Balaban J connectivity index is 1.44. The molecule has 0 aliphatic carbocycles. The van der Waals surface area contributed by atoms with Crippen LogP contribution in [0.1, 0.15) is 51.0 Å². The zero-order chi connectivity index (χ0) is 22.7. The Hall–Kier alpha value is -1.97. The molecule has 1 atom stereocenters. The molecule has 32 heavy (non-hydrogen) atoms. The van der Waals surface area contributed by atoms with E-state index in [0.717, 1.165) is 56.3 Å². The first kappa shape index (κ1) is 23.2. The molecule has 2 amide bonds. The van der Waals surface area contributed by atoms with E-state index < -0.39 is 10.0 Å². The summed E-state index contributed by atoms with van der Waals surface area (Å²) < 4.78 is 27.4. The average molecular weight is 463 g/mol. The number of anilines is 1. The van der Waals surface area contributed by atoms with Crippen molar-refractivity contribution in [3.63, 3.8) is 0 Å². The fourth-order valence-electron chi connectivity index (χ4n) is 4.99. The summed E-state index contributed by atoms with van der Waals surface area (Å²) in [4.78, 5) is 29.2. The van der Waals surface area contributed by atoms with Crippen molar-refractivity contribution in [2.45, 2.75) is 62.8 Å². The first-order valence-corrected chi connectivity index (χ1v) is 13.3. The van der Waals surface area contributed by atoms with Gasteiger partial charge in [-0.3, -0.25) is 14.5 Å². The van der Waals surface area contributed by atoms with Crippen LogP contribution in [0.3, 0.4) is 0 Å². The molecule has 2 fully saturated rings. The monoisotopic (exact) mass is 462 g/mol. The summed E-state index contributed by atoms with van der Waals surface area (Å²) in [7, 11) is -3.46. The molecule has 1 aromatic rings. The van der Waals surface area contributed by atoms with Gasteiger partial charge in [-0.15, -0.1) is 0 Å². The number of aryl methyl sites for hydroxylation is 1. The Labute approximate surface area is 191 Å². The van der Waals surface area contributed by atoms with Crippen LogP contribution in [0.2, 0.25) is 0 Å². The maximum Gasteiger partial charge on any atom is 0.243 e. The Morgan fingerprint density at radius 3 is 2.59 bits per heavy atom. The number of nitrogens with one attached hydrogen (secondary N) is 1. The number of nitrogens with zero attached hydrogens (tertiary/aromatic N) is 3. The van der Waals surface area contributed by atoms with Crippen LogP contribution < -0.4 is 10.2 Å². The van der Waals surface area contributed by atoms with Crippen molar-refractivity contribution in [3.05, 3.63) is 23.8 Å². The van der Waals surface area contributed by atoms with Gasteiger partial charge in [-0.1, -0.05) is 6.92 Å². The van der Waals surface area contributed by atoms with E-state index in [-0.39, 0.29) is 17.9 Å². The highest BCUT2D eigenvalue weighted by molar-refractivity contribution is 7.89. The number of rotatable bonds is 6. The van der Waals surface area contributed by atoms with E-state index in [4.69, 9.17) is 0 Å². The average Bonchev–Trinajstić information content (AvgIpc) is 3.34. The number of benzene rings is 1. The lowest BCUT2D eigenvalue weighted by Crippen LogP contribution is -2.51. The van der Waals surface area contributed by atoms with Crippen LogP contribution in [-0.4, -0.2) is 74.7 Å². The third-order valence-electron chi connectivity index (χ3n) is 6.72. The van der Waals surface area contributed by atoms with Gasteiger partial charge in [0.2, 0.25) is 21.8 Å². The minimum atomic E-state index is -3.46. The molecule has 3 heterocycles. The molecular weight excluding hydrogens is 428 g/mol. The van der Waals surface area contributed by atoms with Crippen molar-refractivity contribution in [1.29, 1.82) is 0 Å². The number of fused-ring (bicyclic) bond motifs is 1. The van der Waals surface area contributed by atoms with Crippen LogP contribution in [0, 0.1) is 0 Å². The molecule has 8 nitrogen and oxygen atoms in total. The molecule has 3 aliphatic rings.